The zero-order valence-electron chi connectivity index (χ0n) is 16.9. The molecule has 0 unspecified atom stereocenters. The summed E-state index contributed by atoms with van der Waals surface area (Å²) in [4.78, 5) is 24.7. The van der Waals surface area contributed by atoms with Crippen molar-refractivity contribution in [2.75, 3.05) is 5.32 Å². The topological polar surface area (TPSA) is 76.0 Å². The third-order valence-electron chi connectivity index (χ3n) is 4.09. The van der Waals surface area contributed by atoms with Gasteiger partial charge in [0.25, 0.3) is 11.8 Å². The molecule has 0 radical (unpaired) electrons. The number of anilines is 1. The number of aromatic nitrogens is 2. The van der Waals surface area contributed by atoms with Crippen molar-refractivity contribution in [3.63, 3.8) is 0 Å². The van der Waals surface area contributed by atoms with E-state index in [9.17, 15) is 44.7 Å². The number of amides is 2. The number of benzene rings is 1. The lowest BCUT2D eigenvalue weighted by molar-refractivity contribution is -0.292. The summed E-state index contributed by atoms with van der Waals surface area (Å²) < 4.78 is 106. The molecule has 0 saturated heterocycles. The first-order valence-corrected chi connectivity index (χ1v) is 9.26. The van der Waals surface area contributed by atoms with Crippen molar-refractivity contribution in [1.29, 1.82) is 0 Å². The van der Waals surface area contributed by atoms with Gasteiger partial charge in [-0.25, -0.2) is 0 Å². The first-order chi connectivity index (χ1) is 14.9. The Kier molecular flexibility index (Phi) is 7.03. The summed E-state index contributed by atoms with van der Waals surface area (Å²) in [7, 11) is 0.601. The second kappa shape index (κ2) is 8.80. The van der Waals surface area contributed by atoms with Crippen LogP contribution in [0, 0.1) is 0 Å². The molecule has 0 aliphatic rings. The van der Waals surface area contributed by atoms with E-state index < -0.39 is 47.0 Å². The minimum atomic E-state index is -6.40. The summed E-state index contributed by atoms with van der Waals surface area (Å²) in [5, 5.41) is 7.00. The van der Waals surface area contributed by atoms with Gasteiger partial charge in [-0.2, -0.15) is 40.2 Å². The van der Waals surface area contributed by atoms with Crippen molar-refractivity contribution in [3.8, 4) is 0 Å². The number of carbonyl (C=O) groups excluding carboxylic acids is 2. The fraction of sp³-hybridized carbons (Fsp3) is 0.389. The van der Waals surface area contributed by atoms with E-state index in [1.807, 2.05) is 5.32 Å². The molecule has 182 valence electrons. The summed E-state index contributed by atoms with van der Waals surface area (Å²) in [6.07, 6.45) is -12.2. The minimum Gasteiger partial charge on any atom is -0.350 e. The quantitative estimate of drug-likeness (QED) is 0.552. The minimum absolute atomic E-state index is 0.0323. The Labute approximate surface area is 185 Å². The Morgan fingerprint density at radius 2 is 1.61 bits per heavy atom. The zero-order chi connectivity index (χ0) is 25.5. The molecule has 0 aliphatic carbocycles. The lowest BCUT2D eigenvalue weighted by Gasteiger charge is -2.19. The van der Waals surface area contributed by atoms with Crippen molar-refractivity contribution >= 4 is 29.1 Å². The van der Waals surface area contributed by atoms with Gasteiger partial charge in [0.1, 0.15) is 11.3 Å². The van der Waals surface area contributed by atoms with Gasteiger partial charge in [-0.3, -0.25) is 14.3 Å². The molecule has 0 atom stereocenters. The summed E-state index contributed by atoms with van der Waals surface area (Å²) in [5.74, 6) is -8.37. The van der Waals surface area contributed by atoms with Crippen LogP contribution in [0.4, 0.5) is 40.8 Å². The number of hydrogen-bond donors (Lipinski definition) is 2. The summed E-state index contributed by atoms with van der Waals surface area (Å²) in [5.41, 5.74) is -7.25. The fourth-order valence-electron chi connectivity index (χ4n) is 2.71. The highest BCUT2D eigenvalue weighted by atomic mass is 35.5. The largest absolute Gasteiger partial charge is 0.459 e. The second-order valence-corrected chi connectivity index (χ2v) is 7.45. The predicted octanol–water partition coefficient (Wildman–Crippen LogP) is 5.14. The van der Waals surface area contributed by atoms with E-state index in [0.717, 1.165) is 18.2 Å². The van der Waals surface area contributed by atoms with Crippen LogP contribution in [0.15, 0.2) is 18.2 Å². The molecular formula is C18H15ClF8N4O2. The SMILES string of the molecule is CC(C)NC(=O)c1cc(NC(=O)c2c(C(F)(F)F)c(C(F)(F)C(F)(F)F)nn2C)ccc1Cl. The van der Waals surface area contributed by atoms with Crippen LogP contribution in [0.5, 0.6) is 0 Å². The first kappa shape index (κ1) is 26.4. The van der Waals surface area contributed by atoms with Crippen molar-refractivity contribution in [3.05, 3.63) is 45.7 Å². The van der Waals surface area contributed by atoms with Gasteiger partial charge >= 0.3 is 18.3 Å². The Morgan fingerprint density at radius 1 is 1.03 bits per heavy atom. The number of alkyl halides is 8. The third-order valence-corrected chi connectivity index (χ3v) is 4.42. The average Bonchev–Trinajstić information content (AvgIpc) is 3.00. The Bertz CT molecular complexity index is 1080. The molecule has 0 spiro atoms. The van der Waals surface area contributed by atoms with Gasteiger partial charge in [-0.05, 0) is 32.0 Å². The van der Waals surface area contributed by atoms with Crippen LogP contribution < -0.4 is 10.6 Å². The molecule has 1 heterocycles. The van der Waals surface area contributed by atoms with Crippen molar-refractivity contribution in [1.82, 2.24) is 15.1 Å². The highest BCUT2D eigenvalue weighted by Gasteiger charge is 2.64. The lowest BCUT2D eigenvalue weighted by Crippen LogP contribution is -2.36. The van der Waals surface area contributed by atoms with Gasteiger partial charge in [0, 0.05) is 18.8 Å². The molecule has 1 aromatic carbocycles. The van der Waals surface area contributed by atoms with Crippen LogP contribution in [-0.4, -0.2) is 33.8 Å². The molecule has 6 nitrogen and oxygen atoms in total. The fourth-order valence-corrected chi connectivity index (χ4v) is 2.92. The normalized spacial score (nSPS) is 12.8. The highest BCUT2D eigenvalue weighted by molar-refractivity contribution is 6.34. The Balaban J connectivity index is 2.55. The van der Waals surface area contributed by atoms with Crippen molar-refractivity contribution in [2.24, 2.45) is 7.05 Å². The van der Waals surface area contributed by atoms with Crippen molar-refractivity contribution in [2.45, 2.75) is 38.2 Å². The van der Waals surface area contributed by atoms with Gasteiger partial charge < -0.3 is 10.6 Å². The predicted molar refractivity (Wildman–Crippen MR) is 100 cm³/mol. The van der Waals surface area contributed by atoms with E-state index in [0.29, 0.717) is 7.05 Å². The molecule has 0 saturated carbocycles. The first-order valence-electron chi connectivity index (χ1n) is 8.88. The van der Waals surface area contributed by atoms with E-state index in [1.165, 1.54) is 0 Å². The Hall–Kier alpha value is -2.90. The molecule has 2 N–H and O–H groups in total. The van der Waals surface area contributed by atoms with Crippen LogP contribution in [0.1, 0.15) is 46.0 Å². The van der Waals surface area contributed by atoms with E-state index in [1.54, 1.807) is 13.8 Å². The summed E-state index contributed by atoms with van der Waals surface area (Å²) >= 11 is 5.91. The molecule has 0 fully saturated rings. The molecule has 1 aromatic heterocycles. The zero-order valence-corrected chi connectivity index (χ0v) is 17.7. The molecule has 0 bridgehead atoms. The van der Waals surface area contributed by atoms with Gasteiger partial charge in [0.15, 0.2) is 5.69 Å². The van der Waals surface area contributed by atoms with Crippen molar-refractivity contribution < 1.29 is 44.7 Å². The number of halogens is 9. The molecular weight excluding hydrogens is 492 g/mol. The van der Waals surface area contributed by atoms with Crippen LogP contribution in [-0.2, 0) is 19.1 Å². The van der Waals surface area contributed by atoms with E-state index in [4.69, 9.17) is 11.6 Å². The lowest BCUT2D eigenvalue weighted by atomic mass is 10.1. The molecule has 0 aliphatic heterocycles. The van der Waals surface area contributed by atoms with Crippen LogP contribution in [0.25, 0.3) is 0 Å². The third kappa shape index (κ3) is 5.37. The smallest absolute Gasteiger partial charge is 0.350 e. The van der Waals surface area contributed by atoms with E-state index >= 15 is 0 Å². The van der Waals surface area contributed by atoms with E-state index in [2.05, 4.69) is 10.4 Å². The number of rotatable bonds is 5. The maximum absolute atomic E-state index is 13.7. The van der Waals surface area contributed by atoms with Crippen LogP contribution >= 0.6 is 11.6 Å². The Morgan fingerprint density at radius 3 is 2.09 bits per heavy atom. The maximum Gasteiger partial charge on any atom is 0.459 e. The van der Waals surface area contributed by atoms with Crippen LogP contribution in [0.2, 0.25) is 5.02 Å². The van der Waals surface area contributed by atoms with Gasteiger partial charge in [0.05, 0.1) is 10.6 Å². The maximum atomic E-state index is 13.7. The molecule has 2 rings (SSSR count). The van der Waals surface area contributed by atoms with Crippen LogP contribution in [0.3, 0.4) is 0 Å². The summed E-state index contributed by atoms with van der Waals surface area (Å²) in [6.45, 7) is 3.26. The molecule has 2 aromatic rings. The number of aryl methyl sites for hydroxylation is 1. The molecule has 2 amide bonds. The number of nitrogens with zero attached hydrogens (tertiary/aromatic N) is 2. The number of nitrogens with one attached hydrogen (secondary N) is 2. The molecule has 33 heavy (non-hydrogen) atoms. The second-order valence-electron chi connectivity index (χ2n) is 7.04. The number of hydrogen-bond acceptors (Lipinski definition) is 3. The summed E-state index contributed by atoms with van der Waals surface area (Å²) in [6, 6.07) is 2.89. The number of carbonyl (C=O) groups is 2. The molecule has 15 heteroatoms. The highest BCUT2D eigenvalue weighted by Crippen LogP contribution is 2.48. The standard InChI is InChI=1S/C18H15ClF8N4O2/c1-7(2)28-14(32)9-6-8(4-5-10(9)19)29-15(33)12-11(17(22,23)24)13(30-31(12)3)16(20,21)18(25,26)27/h4-7H,1-3H3,(H,28,32)(H,29,33). The van der Waals surface area contributed by atoms with Gasteiger partial charge in [-0.15, -0.1) is 0 Å². The van der Waals surface area contributed by atoms with Gasteiger partial charge in [0.2, 0.25) is 0 Å². The average molecular weight is 507 g/mol. The monoisotopic (exact) mass is 506 g/mol. The van der Waals surface area contributed by atoms with E-state index in [-0.39, 0.29) is 27.0 Å². The van der Waals surface area contributed by atoms with Gasteiger partial charge in [-0.1, -0.05) is 11.6 Å².